The summed E-state index contributed by atoms with van der Waals surface area (Å²) < 4.78 is 12.1. The normalized spacial score (nSPS) is 26.2. The van der Waals surface area contributed by atoms with Crippen LogP contribution < -0.4 is 10.1 Å². The van der Waals surface area contributed by atoms with Crippen LogP contribution >= 0.6 is 0 Å². The highest BCUT2D eigenvalue weighted by Crippen LogP contribution is 2.31. The van der Waals surface area contributed by atoms with Gasteiger partial charge in [-0.15, -0.1) is 0 Å². The number of phenols is 1. The second-order valence-corrected chi connectivity index (χ2v) is 7.13. The number of aliphatic hydroxyl groups is 4. The van der Waals surface area contributed by atoms with Gasteiger partial charge in [-0.3, -0.25) is 4.57 Å². The Morgan fingerprint density at radius 3 is 2.68 bits per heavy atom. The molecule has 2 aromatic heterocycles. The number of benzene rings is 1. The summed E-state index contributed by atoms with van der Waals surface area (Å²) in [5, 5.41) is 52.7. The summed E-state index contributed by atoms with van der Waals surface area (Å²) in [6.07, 6.45) is -3.93. The van der Waals surface area contributed by atoms with Gasteiger partial charge in [0.25, 0.3) is 0 Å². The van der Waals surface area contributed by atoms with Crippen molar-refractivity contribution in [2.75, 3.05) is 19.0 Å². The van der Waals surface area contributed by atoms with E-state index in [0.29, 0.717) is 29.3 Å². The number of rotatable bonds is 6. The molecule has 6 N–H and O–H groups in total. The molecule has 0 radical (unpaired) electrons. The van der Waals surface area contributed by atoms with E-state index in [4.69, 9.17) is 9.47 Å². The number of fused-ring (bicyclic) bond motifs is 1. The number of aliphatic hydroxyl groups excluding tert-OH is 4. The lowest BCUT2D eigenvalue weighted by atomic mass is 9.98. The van der Waals surface area contributed by atoms with Gasteiger partial charge in [0.2, 0.25) is 0 Å². The number of hydrogen-bond acceptors (Lipinski definition) is 11. The zero-order valence-electron chi connectivity index (χ0n) is 16.5. The van der Waals surface area contributed by atoms with Gasteiger partial charge in [0.15, 0.2) is 34.7 Å². The molecule has 0 spiro atoms. The molecule has 1 unspecified atom stereocenters. The van der Waals surface area contributed by atoms with Crippen molar-refractivity contribution in [2.24, 2.45) is 0 Å². The predicted molar refractivity (Wildman–Crippen MR) is 106 cm³/mol. The SMILES string of the molecule is COc1cc(CNc2ncnc3c2ncn3C2O[C@H](CO)[C@@H](O)[C@H](O)[C@H]2O)ccc1O. The average molecular weight is 433 g/mol. The number of ether oxygens (including phenoxy) is 2. The Morgan fingerprint density at radius 2 is 1.94 bits per heavy atom. The minimum Gasteiger partial charge on any atom is -0.504 e. The Morgan fingerprint density at radius 1 is 1.13 bits per heavy atom. The van der Waals surface area contributed by atoms with Crippen LogP contribution in [0.2, 0.25) is 0 Å². The van der Waals surface area contributed by atoms with Crippen molar-refractivity contribution in [3.8, 4) is 11.5 Å². The number of nitrogens with zero attached hydrogens (tertiary/aromatic N) is 4. The lowest BCUT2D eigenvalue weighted by Crippen LogP contribution is -2.56. The summed E-state index contributed by atoms with van der Waals surface area (Å²) in [7, 11) is 1.46. The van der Waals surface area contributed by atoms with E-state index in [1.807, 2.05) is 0 Å². The van der Waals surface area contributed by atoms with Gasteiger partial charge in [0, 0.05) is 6.54 Å². The van der Waals surface area contributed by atoms with Crippen LogP contribution in [-0.2, 0) is 11.3 Å². The number of aromatic hydroxyl groups is 1. The van der Waals surface area contributed by atoms with Crippen molar-refractivity contribution >= 4 is 17.0 Å². The molecule has 1 aromatic carbocycles. The van der Waals surface area contributed by atoms with E-state index in [2.05, 4.69) is 20.3 Å². The zero-order valence-corrected chi connectivity index (χ0v) is 16.5. The van der Waals surface area contributed by atoms with E-state index in [1.165, 1.54) is 30.4 Å². The third-order valence-electron chi connectivity index (χ3n) is 5.20. The minimum absolute atomic E-state index is 0.0361. The number of hydrogen-bond donors (Lipinski definition) is 6. The van der Waals surface area contributed by atoms with Crippen LogP contribution in [0, 0.1) is 0 Å². The van der Waals surface area contributed by atoms with Crippen molar-refractivity contribution < 1.29 is 35.0 Å². The van der Waals surface area contributed by atoms with Crippen LogP contribution in [0.25, 0.3) is 11.2 Å². The van der Waals surface area contributed by atoms with E-state index in [1.54, 1.807) is 12.1 Å². The van der Waals surface area contributed by atoms with Crippen LogP contribution in [0.1, 0.15) is 11.8 Å². The molecule has 31 heavy (non-hydrogen) atoms. The average Bonchev–Trinajstić information content (AvgIpc) is 3.22. The molecule has 12 heteroatoms. The molecule has 0 bridgehead atoms. The van der Waals surface area contributed by atoms with Gasteiger partial charge >= 0.3 is 0 Å². The molecule has 1 saturated heterocycles. The van der Waals surface area contributed by atoms with Crippen molar-refractivity contribution in [1.29, 1.82) is 0 Å². The Labute approximate surface area is 176 Å². The molecular weight excluding hydrogens is 410 g/mol. The number of aromatic nitrogens is 4. The summed E-state index contributed by atoms with van der Waals surface area (Å²) in [6.45, 7) is -0.179. The molecule has 166 valence electrons. The number of nitrogens with one attached hydrogen (secondary N) is 1. The standard InChI is InChI=1S/C19H23N5O7/c1-30-11-4-9(2-3-10(11)26)5-20-17-13-18(22-7-21-17)24(8-23-13)19-16(29)15(28)14(27)12(6-25)31-19/h2-4,7-8,12,14-16,19,25-29H,5-6H2,1H3,(H,20,21,22)/t12-,14-,15+,16-,19?/m1/s1. The van der Waals surface area contributed by atoms with Crippen molar-refractivity contribution in [2.45, 2.75) is 37.2 Å². The second kappa shape index (κ2) is 8.61. The number of phenolic OH excluding ortho intramolecular Hbond substituents is 1. The summed E-state index contributed by atoms with van der Waals surface area (Å²) in [5.74, 6) is 0.799. The van der Waals surface area contributed by atoms with E-state index in [9.17, 15) is 25.5 Å². The minimum atomic E-state index is -1.52. The van der Waals surface area contributed by atoms with Gasteiger partial charge in [-0.2, -0.15) is 0 Å². The van der Waals surface area contributed by atoms with Crippen LogP contribution in [0.3, 0.4) is 0 Å². The van der Waals surface area contributed by atoms with Crippen LogP contribution in [0.4, 0.5) is 5.82 Å². The lowest BCUT2D eigenvalue weighted by molar-refractivity contribution is -0.250. The fraction of sp³-hybridized carbons (Fsp3) is 0.421. The molecular formula is C19H23N5O7. The first-order valence-electron chi connectivity index (χ1n) is 9.52. The van der Waals surface area contributed by atoms with Crippen LogP contribution in [-0.4, -0.2) is 83.2 Å². The molecule has 3 aromatic rings. The highest BCUT2D eigenvalue weighted by Gasteiger charge is 2.44. The molecule has 4 rings (SSSR count). The number of anilines is 1. The second-order valence-electron chi connectivity index (χ2n) is 7.13. The summed E-state index contributed by atoms with van der Waals surface area (Å²) >= 11 is 0. The summed E-state index contributed by atoms with van der Waals surface area (Å²) in [5.41, 5.74) is 1.55. The fourth-order valence-electron chi connectivity index (χ4n) is 3.50. The molecule has 1 aliphatic heterocycles. The first-order chi connectivity index (χ1) is 14.9. The Hall–Kier alpha value is -3.03. The monoisotopic (exact) mass is 433 g/mol. The van der Waals surface area contributed by atoms with E-state index in [0.717, 1.165) is 5.56 Å². The zero-order chi connectivity index (χ0) is 22.1. The first-order valence-corrected chi connectivity index (χ1v) is 9.52. The summed E-state index contributed by atoms with van der Waals surface area (Å²) in [6, 6.07) is 4.95. The summed E-state index contributed by atoms with van der Waals surface area (Å²) in [4.78, 5) is 12.7. The molecule has 5 atom stereocenters. The van der Waals surface area contributed by atoms with Gasteiger partial charge in [-0.1, -0.05) is 6.07 Å². The molecule has 3 heterocycles. The molecule has 12 nitrogen and oxygen atoms in total. The maximum Gasteiger partial charge on any atom is 0.167 e. The number of imidazole rings is 1. The van der Waals surface area contributed by atoms with E-state index < -0.39 is 37.3 Å². The predicted octanol–water partition coefficient (Wildman–Crippen LogP) is -0.875. The highest BCUT2D eigenvalue weighted by molar-refractivity contribution is 5.82. The smallest absolute Gasteiger partial charge is 0.167 e. The lowest BCUT2D eigenvalue weighted by Gasteiger charge is -2.40. The highest BCUT2D eigenvalue weighted by atomic mass is 16.6. The third-order valence-corrected chi connectivity index (χ3v) is 5.20. The van der Waals surface area contributed by atoms with Gasteiger partial charge in [0.1, 0.15) is 30.7 Å². The molecule has 0 saturated carbocycles. The van der Waals surface area contributed by atoms with Crippen molar-refractivity contribution in [3.05, 3.63) is 36.4 Å². The molecule has 0 amide bonds. The maximum atomic E-state index is 10.4. The van der Waals surface area contributed by atoms with E-state index in [-0.39, 0.29) is 5.75 Å². The Balaban J connectivity index is 1.60. The molecule has 1 fully saturated rings. The molecule has 0 aliphatic carbocycles. The first kappa shape index (κ1) is 21.2. The van der Waals surface area contributed by atoms with Gasteiger partial charge in [-0.25, -0.2) is 15.0 Å². The maximum absolute atomic E-state index is 10.4. The third kappa shape index (κ3) is 3.86. The Bertz CT molecular complexity index is 1060. The quantitative estimate of drug-likeness (QED) is 0.285. The van der Waals surface area contributed by atoms with E-state index >= 15 is 0 Å². The van der Waals surface area contributed by atoms with Gasteiger partial charge in [-0.05, 0) is 17.7 Å². The van der Waals surface area contributed by atoms with Crippen LogP contribution in [0.15, 0.2) is 30.9 Å². The van der Waals surface area contributed by atoms with Crippen molar-refractivity contribution in [3.63, 3.8) is 0 Å². The van der Waals surface area contributed by atoms with Gasteiger partial charge in [0.05, 0.1) is 20.0 Å². The fourth-order valence-corrected chi connectivity index (χ4v) is 3.50. The Kier molecular flexibility index (Phi) is 5.89. The number of methoxy groups -OCH3 is 1. The van der Waals surface area contributed by atoms with Gasteiger partial charge < -0.3 is 40.3 Å². The molecule has 1 aliphatic rings. The van der Waals surface area contributed by atoms with Crippen molar-refractivity contribution in [1.82, 2.24) is 19.5 Å². The topological polar surface area (TPSA) is 175 Å². The van der Waals surface area contributed by atoms with Crippen LogP contribution in [0.5, 0.6) is 11.5 Å². The largest absolute Gasteiger partial charge is 0.504 e.